The number of phosphoric ester groups is 2. The van der Waals surface area contributed by atoms with Crippen molar-refractivity contribution in [1.82, 2.24) is 0 Å². The third-order valence-electron chi connectivity index (χ3n) is 18.3. The second-order valence-corrected chi connectivity index (χ2v) is 31.4. The minimum atomic E-state index is -4.96. The molecular formula is C77H150O17P2. The fourth-order valence-corrected chi connectivity index (χ4v) is 13.4. The van der Waals surface area contributed by atoms with E-state index >= 15 is 0 Å². The monoisotopic (exact) mass is 1410 g/mol. The van der Waals surface area contributed by atoms with E-state index in [0.29, 0.717) is 25.7 Å². The van der Waals surface area contributed by atoms with Crippen LogP contribution in [0.4, 0.5) is 0 Å². The number of carbonyl (C=O) groups excluding carboxylic acids is 4. The Kier molecular flexibility index (Phi) is 67.4. The molecule has 0 amide bonds. The molecule has 0 saturated heterocycles. The van der Waals surface area contributed by atoms with Crippen molar-refractivity contribution in [3.63, 3.8) is 0 Å². The van der Waals surface area contributed by atoms with E-state index in [9.17, 15) is 43.2 Å². The molecule has 6 atom stereocenters. The summed E-state index contributed by atoms with van der Waals surface area (Å²) in [6.07, 6.45) is 57.3. The van der Waals surface area contributed by atoms with Gasteiger partial charge in [0.1, 0.15) is 19.3 Å². The smallest absolute Gasteiger partial charge is 0.462 e. The number of aliphatic hydroxyl groups excluding tert-OH is 1. The average molecular weight is 1410 g/mol. The second kappa shape index (κ2) is 68.8. The van der Waals surface area contributed by atoms with Crippen molar-refractivity contribution in [3.05, 3.63) is 0 Å². The lowest BCUT2D eigenvalue weighted by molar-refractivity contribution is -0.161. The molecule has 570 valence electrons. The SMILES string of the molecule is CCCCCCCCCCCCCCCCCCCCCCC(=O)O[C@H](COC(=O)CCCCCCCCCCCCCCCCC(C)C)COP(=O)(O)OC[C@@H](O)COP(=O)(O)OC[C@@H](COC(=O)CCCCCCC)OC(=O)CCCCCCCCCCCCC(C)CC. The van der Waals surface area contributed by atoms with E-state index in [4.69, 9.17) is 37.0 Å². The molecule has 0 aromatic carbocycles. The standard InChI is InChI=1S/C77H150O17P2/c1-7-10-12-14-15-16-17-18-19-20-21-22-23-24-29-32-38-43-49-55-61-77(82)94-73(66-88-75(80)60-54-48-42-37-31-28-26-25-27-30-35-40-46-51-57-69(4)5)68-92-96(85,86)90-64-71(78)63-89-95(83,84)91-67-72(65-87-74(79)59-53-45-13-11-8-2)93-76(81)62-56-50-44-39-34-33-36-41-47-52-58-70(6)9-3/h69-73,78H,7-68H2,1-6H3,(H,83,84)(H,85,86)/t70?,71-,72+,73+/m0/s1. The van der Waals surface area contributed by atoms with Crippen LogP contribution in [0.3, 0.4) is 0 Å². The molecule has 0 rings (SSSR count). The number of phosphoric acid groups is 2. The molecule has 96 heavy (non-hydrogen) atoms. The van der Waals surface area contributed by atoms with Gasteiger partial charge in [0.15, 0.2) is 12.2 Å². The van der Waals surface area contributed by atoms with Crippen LogP contribution in [0.2, 0.25) is 0 Å². The highest BCUT2D eigenvalue weighted by molar-refractivity contribution is 7.47. The Balaban J connectivity index is 5.14. The van der Waals surface area contributed by atoms with Crippen LogP contribution in [-0.2, 0) is 65.4 Å². The number of unbranched alkanes of at least 4 members (excludes halogenated alkanes) is 45. The zero-order valence-corrected chi connectivity index (χ0v) is 64.5. The summed E-state index contributed by atoms with van der Waals surface area (Å²) in [6.45, 7) is 9.56. The van der Waals surface area contributed by atoms with Crippen molar-refractivity contribution in [2.75, 3.05) is 39.6 Å². The topological polar surface area (TPSA) is 237 Å². The van der Waals surface area contributed by atoms with Crippen LogP contribution in [0.5, 0.6) is 0 Å². The molecule has 3 N–H and O–H groups in total. The third kappa shape index (κ3) is 69.2. The van der Waals surface area contributed by atoms with Gasteiger partial charge in [0, 0.05) is 25.7 Å². The van der Waals surface area contributed by atoms with Crippen LogP contribution in [-0.4, -0.2) is 96.7 Å². The van der Waals surface area contributed by atoms with E-state index in [0.717, 1.165) is 108 Å². The molecule has 0 aliphatic rings. The van der Waals surface area contributed by atoms with E-state index in [1.54, 1.807) is 0 Å². The van der Waals surface area contributed by atoms with Gasteiger partial charge in [-0.3, -0.25) is 37.3 Å². The molecule has 19 heteroatoms. The molecule has 0 aromatic heterocycles. The Morgan fingerprint density at radius 2 is 0.531 bits per heavy atom. The van der Waals surface area contributed by atoms with Gasteiger partial charge in [-0.1, -0.05) is 350 Å². The first-order valence-corrected chi connectivity index (χ1v) is 43.0. The highest BCUT2D eigenvalue weighted by Gasteiger charge is 2.30. The first-order chi connectivity index (χ1) is 46.4. The van der Waals surface area contributed by atoms with Crippen molar-refractivity contribution in [3.8, 4) is 0 Å². The molecule has 0 bridgehead atoms. The van der Waals surface area contributed by atoms with E-state index in [1.807, 2.05) is 0 Å². The maximum Gasteiger partial charge on any atom is 0.472 e. The largest absolute Gasteiger partial charge is 0.472 e. The number of carbonyl (C=O) groups is 4. The number of aliphatic hydroxyl groups is 1. The van der Waals surface area contributed by atoms with Gasteiger partial charge >= 0.3 is 39.5 Å². The van der Waals surface area contributed by atoms with Gasteiger partial charge in [0.05, 0.1) is 26.4 Å². The molecule has 0 heterocycles. The summed E-state index contributed by atoms with van der Waals surface area (Å²) in [5, 5.41) is 10.6. The Hall–Kier alpha value is -1.94. The molecule has 3 unspecified atom stereocenters. The van der Waals surface area contributed by atoms with Gasteiger partial charge in [-0.05, 0) is 37.5 Å². The van der Waals surface area contributed by atoms with Crippen LogP contribution in [0.1, 0.15) is 401 Å². The van der Waals surface area contributed by atoms with Crippen molar-refractivity contribution < 1.29 is 80.2 Å². The maximum absolute atomic E-state index is 13.1. The average Bonchev–Trinajstić information content (AvgIpc) is 1.71. The number of rotatable bonds is 76. The van der Waals surface area contributed by atoms with Gasteiger partial charge in [-0.15, -0.1) is 0 Å². The summed E-state index contributed by atoms with van der Waals surface area (Å²) in [5.74, 6) is -0.523. The van der Waals surface area contributed by atoms with Crippen LogP contribution < -0.4 is 0 Å². The predicted molar refractivity (Wildman–Crippen MR) is 391 cm³/mol. The Labute approximate surface area is 588 Å². The summed E-state index contributed by atoms with van der Waals surface area (Å²) in [6, 6.07) is 0. The van der Waals surface area contributed by atoms with Crippen LogP contribution in [0.15, 0.2) is 0 Å². The summed E-state index contributed by atoms with van der Waals surface area (Å²) in [7, 11) is -9.90. The van der Waals surface area contributed by atoms with Crippen molar-refractivity contribution in [1.29, 1.82) is 0 Å². The van der Waals surface area contributed by atoms with Gasteiger partial charge in [-0.25, -0.2) is 9.13 Å². The lowest BCUT2D eigenvalue weighted by Crippen LogP contribution is -2.30. The molecule has 0 aliphatic heterocycles. The van der Waals surface area contributed by atoms with E-state index in [-0.39, 0.29) is 25.7 Å². The molecule has 0 aliphatic carbocycles. The zero-order valence-electron chi connectivity index (χ0n) is 62.7. The zero-order chi connectivity index (χ0) is 70.7. The number of hydrogen-bond acceptors (Lipinski definition) is 15. The quantitative estimate of drug-likeness (QED) is 0.0222. The Bertz CT molecular complexity index is 1860. The van der Waals surface area contributed by atoms with Crippen LogP contribution in [0.25, 0.3) is 0 Å². The Morgan fingerprint density at radius 3 is 0.792 bits per heavy atom. The molecule has 17 nitrogen and oxygen atoms in total. The minimum absolute atomic E-state index is 0.105. The summed E-state index contributed by atoms with van der Waals surface area (Å²) < 4.78 is 68.3. The summed E-state index contributed by atoms with van der Waals surface area (Å²) in [4.78, 5) is 72.6. The van der Waals surface area contributed by atoms with Gasteiger partial charge in [0.25, 0.3) is 0 Å². The van der Waals surface area contributed by atoms with E-state index in [2.05, 4.69) is 41.5 Å². The molecule has 0 saturated carbocycles. The number of esters is 4. The predicted octanol–water partition coefficient (Wildman–Crippen LogP) is 22.7. The highest BCUT2D eigenvalue weighted by atomic mass is 31.2. The first-order valence-electron chi connectivity index (χ1n) is 40.0. The fraction of sp³-hybridized carbons (Fsp3) is 0.948. The molecule has 0 aromatic rings. The van der Waals surface area contributed by atoms with Gasteiger partial charge < -0.3 is 33.8 Å². The molecule has 0 radical (unpaired) electrons. The second-order valence-electron chi connectivity index (χ2n) is 28.5. The number of ether oxygens (including phenoxy) is 4. The third-order valence-corrected chi connectivity index (χ3v) is 20.2. The first kappa shape index (κ1) is 94.1. The molecule has 0 fully saturated rings. The summed E-state index contributed by atoms with van der Waals surface area (Å²) in [5.41, 5.74) is 0. The van der Waals surface area contributed by atoms with Crippen molar-refractivity contribution in [2.45, 2.75) is 419 Å². The van der Waals surface area contributed by atoms with Crippen molar-refractivity contribution >= 4 is 39.5 Å². The number of hydrogen-bond donors (Lipinski definition) is 3. The highest BCUT2D eigenvalue weighted by Crippen LogP contribution is 2.45. The molecule has 0 spiro atoms. The minimum Gasteiger partial charge on any atom is -0.462 e. The molecular weight excluding hydrogens is 1260 g/mol. The van der Waals surface area contributed by atoms with E-state index < -0.39 is 97.5 Å². The maximum atomic E-state index is 13.1. The van der Waals surface area contributed by atoms with Gasteiger partial charge in [-0.2, -0.15) is 0 Å². The summed E-state index contributed by atoms with van der Waals surface area (Å²) >= 11 is 0. The van der Waals surface area contributed by atoms with Crippen LogP contribution in [0, 0.1) is 11.8 Å². The Morgan fingerprint density at radius 1 is 0.302 bits per heavy atom. The fourth-order valence-electron chi connectivity index (χ4n) is 11.8. The normalized spacial score (nSPS) is 14.3. The lowest BCUT2D eigenvalue weighted by atomic mass is 9.99. The van der Waals surface area contributed by atoms with Gasteiger partial charge in [0.2, 0.25) is 0 Å². The lowest BCUT2D eigenvalue weighted by Gasteiger charge is -2.21. The van der Waals surface area contributed by atoms with E-state index in [1.165, 1.54) is 212 Å². The van der Waals surface area contributed by atoms with Crippen molar-refractivity contribution in [2.24, 2.45) is 11.8 Å². The van der Waals surface area contributed by atoms with Crippen LogP contribution >= 0.6 is 15.6 Å².